The van der Waals surface area contributed by atoms with Gasteiger partial charge in [0, 0.05) is 42.3 Å². The number of imide groups is 1. The van der Waals surface area contributed by atoms with Gasteiger partial charge in [0.05, 0.1) is 11.1 Å². The van der Waals surface area contributed by atoms with Crippen LogP contribution in [0.3, 0.4) is 0 Å². The summed E-state index contributed by atoms with van der Waals surface area (Å²) in [7, 11) is 0. The van der Waals surface area contributed by atoms with Gasteiger partial charge in [-0.2, -0.15) is 0 Å². The Kier molecular flexibility index (Phi) is 4.97. The highest BCUT2D eigenvalue weighted by Gasteiger charge is 2.34. The number of carbonyl (C=O) groups excluding carboxylic acids is 2. The lowest BCUT2D eigenvalue weighted by Gasteiger charge is -2.26. The number of fused-ring (bicyclic) bond motifs is 2. The van der Waals surface area contributed by atoms with Crippen molar-refractivity contribution in [1.29, 1.82) is 0 Å². The first-order chi connectivity index (χ1) is 14.7. The molecule has 5 rings (SSSR count). The van der Waals surface area contributed by atoms with Gasteiger partial charge in [-0.05, 0) is 49.6 Å². The Balaban J connectivity index is 1.12. The molecule has 1 N–H and O–H groups in total. The smallest absolute Gasteiger partial charge is 0.261 e. The number of hydrogen-bond donors (Lipinski definition) is 1. The highest BCUT2D eigenvalue weighted by atomic mass is 16.2. The number of nitrogens with zero attached hydrogens (tertiary/aromatic N) is 2. The van der Waals surface area contributed by atoms with Gasteiger partial charge in [0.2, 0.25) is 0 Å². The minimum atomic E-state index is -0.153. The molecule has 5 heteroatoms. The van der Waals surface area contributed by atoms with Crippen molar-refractivity contribution < 1.29 is 9.59 Å². The highest BCUT2D eigenvalue weighted by molar-refractivity contribution is 6.21. The van der Waals surface area contributed by atoms with Crippen molar-refractivity contribution in [2.45, 2.75) is 19.3 Å². The molecule has 2 aliphatic rings. The topological polar surface area (TPSA) is 56.4 Å². The fourth-order valence-corrected chi connectivity index (χ4v) is 4.54. The third-order valence-corrected chi connectivity index (χ3v) is 6.21. The number of rotatable bonds is 6. The maximum absolute atomic E-state index is 12.4. The van der Waals surface area contributed by atoms with Crippen LogP contribution in [0, 0.1) is 0 Å². The Hall–Kier alpha value is -3.18. The summed E-state index contributed by atoms with van der Waals surface area (Å²) >= 11 is 0. The molecule has 2 aromatic carbocycles. The van der Waals surface area contributed by atoms with Gasteiger partial charge >= 0.3 is 0 Å². The summed E-state index contributed by atoms with van der Waals surface area (Å²) in [4.78, 5) is 32.1. The zero-order valence-electron chi connectivity index (χ0n) is 16.9. The van der Waals surface area contributed by atoms with E-state index in [9.17, 15) is 9.59 Å². The zero-order chi connectivity index (χ0) is 20.5. The van der Waals surface area contributed by atoms with E-state index in [1.807, 2.05) is 12.1 Å². The van der Waals surface area contributed by atoms with Crippen molar-refractivity contribution in [3.05, 3.63) is 77.5 Å². The lowest BCUT2D eigenvalue weighted by molar-refractivity contribution is 0.0650. The molecule has 30 heavy (non-hydrogen) atoms. The first-order valence-electron chi connectivity index (χ1n) is 10.7. The maximum atomic E-state index is 12.4. The van der Waals surface area contributed by atoms with Crippen molar-refractivity contribution >= 4 is 28.3 Å². The Morgan fingerprint density at radius 3 is 2.27 bits per heavy atom. The largest absolute Gasteiger partial charge is 0.361 e. The first-order valence-corrected chi connectivity index (χ1v) is 10.7. The number of H-pyrrole nitrogens is 1. The molecule has 0 saturated carbocycles. The second-order valence-corrected chi connectivity index (χ2v) is 8.04. The fourth-order valence-electron chi connectivity index (χ4n) is 4.54. The number of benzene rings is 2. The number of nitrogens with one attached hydrogen (secondary N) is 1. The van der Waals surface area contributed by atoms with Crippen molar-refractivity contribution in [3.63, 3.8) is 0 Å². The van der Waals surface area contributed by atoms with Crippen LogP contribution in [-0.2, 0) is 0 Å². The predicted octanol–water partition coefficient (Wildman–Crippen LogP) is 4.33. The fraction of sp³-hybridized carbons (Fsp3) is 0.280. The third kappa shape index (κ3) is 3.35. The molecular weight excluding hydrogens is 374 g/mol. The third-order valence-electron chi connectivity index (χ3n) is 6.21. The van der Waals surface area contributed by atoms with Gasteiger partial charge in [-0.1, -0.05) is 36.4 Å². The molecule has 0 bridgehead atoms. The van der Waals surface area contributed by atoms with E-state index >= 15 is 0 Å². The first kappa shape index (κ1) is 18.8. The summed E-state index contributed by atoms with van der Waals surface area (Å²) in [5.41, 5.74) is 4.98. The van der Waals surface area contributed by atoms with Gasteiger partial charge in [-0.15, -0.1) is 0 Å². The average molecular weight is 399 g/mol. The molecule has 0 radical (unpaired) electrons. The lowest BCUT2D eigenvalue weighted by Crippen LogP contribution is -2.32. The zero-order valence-corrected chi connectivity index (χ0v) is 16.9. The van der Waals surface area contributed by atoms with Crippen LogP contribution >= 0.6 is 0 Å². The molecule has 2 amide bonds. The van der Waals surface area contributed by atoms with Gasteiger partial charge in [0.1, 0.15) is 0 Å². The van der Waals surface area contributed by atoms with E-state index in [1.165, 1.54) is 26.9 Å². The van der Waals surface area contributed by atoms with Crippen LogP contribution in [0.2, 0.25) is 0 Å². The van der Waals surface area contributed by atoms with Crippen LogP contribution in [0.5, 0.6) is 0 Å². The summed E-state index contributed by atoms with van der Waals surface area (Å²) in [5, 5.41) is 1.29. The highest BCUT2D eigenvalue weighted by Crippen LogP contribution is 2.29. The Morgan fingerprint density at radius 1 is 0.833 bits per heavy atom. The van der Waals surface area contributed by atoms with E-state index in [-0.39, 0.29) is 11.8 Å². The average Bonchev–Trinajstić information content (AvgIpc) is 3.32. The van der Waals surface area contributed by atoms with Crippen molar-refractivity contribution in [2.24, 2.45) is 0 Å². The summed E-state index contributed by atoms with van der Waals surface area (Å²) in [6.45, 7) is 3.47. The second-order valence-electron chi connectivity index (χ2n) is 8.04. The molecule has 3 heterocycles. The van der Waals surface area contributed by atoms with E-state index in [2.05, 4.69) is 46.4 Å². The number of aromatic amines is 1. The van der Waals surface area contributed by atoms with Gasteiger partial charge in [-0.3, -0.25) is 19.4 Å². The monoisotopic (exact) mass is 399 g/mol. The summed E-state index contributed by atoms with van der Waals surface area (Å²) in [6, 6.07) is 15.5. The molecule has 3 aromatic rings. The summed E-state index contributed by atoms with van der Waals surface area (Å²) in [5.74, 6) is -0.306. The van der Waals surface area contributed by atoms with Crippen molar-refractivity contribution in [1.82, 2.24) is 14.8 Å². The number of carbonyl (C=O) groups is 2. The molecule has 0 atom stereocenters. The van der Waals surface area contributed by atoms with Gasteiger partial charge < -0.3 is 4.98 Å². The minimum absolute atomic E-state index is 0.153. The lowest BCUT2D eigenvalue weighted by atomic mass is 9.99. The molecule has 152 valence electrons. The maximum Gasteiger partial charge on any atom is 0.261 e. The number of aromatic nitrogens is 1. The standard InChI is InChI=1S/C25H25N3O2/c29-24-20-8-1-2-9-21(20)25(30)28(24)14-6-5-13-27-15-11-18(12-16-27)22-17-26-23-10-4-3-7-19(22)23/h1-4,7-11,17,26H,5-6,12-16H2. The number of hydrogen-bond acceptors (Lipinski definition) is 3. The van der Waals surface area contributed by atoms with Crippen LogP contribution < -0.4 is 0 Å². The van der Waals surface area contributed by atoms with Gasteiger partial charge in [0.15, 0.2) is 0 Å². The molecule has 0 spiro atoms. The molecule has 0 unspecified atom stereocenters. The molecular formula is C25H25N3O2. The second kappa shape index (κ2) is 7.92. The number of amides is 2. The summed E-state index contributed by atoms with van der Waals surface area (Å²) in [6.07, 6.45) is 7.31. The van der Waals surface area contributed by atoms with E-state index in [0.29, 0.717) is 17.7 Å². The molecule has 0 fully saturated rings. The molecule has 0 aliphatic carbocycles. The molecule has 2 aliphatic heterocycles. The van der Waals surface area contributed by atoms with Gasteiger partial charge in [-0.25, -0.2) is 0 Å². The quantitative estimate of drug-likeness (QED) is 0.496. The van der Waals surface area contributed by atoms with Crippen LogP contribution in [-0.4, -0.2) is 52.8 Å². The Bertz CT molecular complexity index is 1110. The van der Waals surface area contributed by atoms with Crippen LogP contribution in [0.1, 0.15) is 45.5 Å². The van der Waals surface area contributed by atoms with Crippen molar-refractivity contribution in [2.75, 3.05) is 26.2 Å². The Morgan fingerprint density at radius 2 is 1.53 bits per heavy atom. The summed E-state index contributed by atoms with van der Waals surface area (Å²) < 4.78 is 0. The van der Waals surface area contributed by atoms with E-state index in [1.54, 1.807) is 12.1 Å². The minimum Gasteiger partial charge on any atom is -0.361 e. The normalized spacial score (nSPS) is 16.9. The number of unbranched alkanes of at least 4 members (excludes halogenated alkanes) is 1. The molecule has 5 nitrogen and oxygen atoms in total. The van der Waals surface area contributed by atoms with Crippen molar-refractivity contribution in [3.8, 4) is 0 Å². The molecule has 0 saturated heterocycles. The molecule has 1 aromatic heterocycles. The van der Waals surface area contributed by atoms with Crippen LogP contribution in [0.25, 0.3) is 16.5 Å². The Labute approximate surface area is 176 Å². The van der Waals surface area contributed by atoms with E-state index in [4.69, 9.17) is 0 Å². The predicted molar refractivity (Wildman–Crippen MR) is 118 cm³/mol. The van der Waals surface area contributed by atoms with Gasteiger partial charge in [0.25, 0.3) is 11.8 Å². The van der Waals surface area contributed by atoms with E-state index in [0.717, 1.165) is 38.9 Å². The van der Waals surface area contributed by atoms with Crippen LogP contribution in [0.15, 0.2) is 60.8 Å². The van der Waals surface area contributed by atoms with Crippen LogP contribution in [0.4, 0.5) is 0 Å². The van der Waals surface area contributed by atoms with E-state index < -0.39 is 0 Å². The number of para-hydroxylation sites is 1. The SMILES string of the molecule is O=C1c2ccccc2C(=O)N1CCCCN1CC=C(c2c[nH]c3ccccc23)CC1.